The molecule has 0 unspecified atom stereocenters. The van der Waals surface area contributed by atoms with Gasteiger partial charge in [-0.1, -0.05) is 6.07 Å². The van der Waals surface area contributed by atoms with Crippen molar-refractivity contribution < 1.29 is 9.53 Å². The first kappa shape index (κ1) is 15.6. The minimum Gasteiger partial charge on any atom is -0.497 e. The average molecular weight is 292 g/mol. The summed E-state index contributed by atoms with van der Waals surface area (Å²) in [5, 5.41) is 2.92. The molecule has 0 aliphatic carbocycles. The molecule has 21 heavy (non-hydrogen) atoms. The number of carbonyl (C=O) groups excluding carboxylic acids is 1. The Kier molecular flexibility index (Phi) is 5.83. The van der Waals surface area contributed by atoms with Gasteiger partial charge in [-0.2, -0.15) is 0 Å². The smallest absolute Gasteiger partial charge is 0.321 e. The van der Waals surface area contributed by atoms with Crippen molar-refractivity contribution in [2.75, 3.05) is 51.7 Å². The van der Waals surface area contributed by atoms with Crippen LogP contribution in [0.3, 0.4) is 0 Å². The van der Waals surface area contributed by atoms with Gasteiger partial charge in [0, 0.05) is 44.5 Å². The van der Waals surface area contributed by atoms with Crippen LogP contribution < -0.4 is 15.8 Å². The maximum Gasteiger partial charge on any atom is 0.321 e. The third-order valence-corrected chi connectivity index (χ3v) is 3.64. The lowest BCUT2D eigenvalue weighted by atomic mass is 10.3. The Morgan fingerprint density at radius 3 is 2.95 bits per heavy atom. The van der Waals surface area contributed by atoms with Gasteiger partial charge in [0.15, 0.2) is 0 Å². The number of anilines is 1. The van der Waals surface area contributed by atoms with Gasteiger partial charge < -0.3 is 25.6 Å². The predicted molar refractivity (Wildman–Crippen MR) is 83.7 cm³/mol. The van der Waals surface area contributed by atoms with Gasteiger partial charge in [-0.3, -0.25) is 0 Å². The second-order valence-corrected chi connectivity index (χ2v) is 5.13. The Labute approximate surface area is 125 Å². The number of benzene rings is 1. The topological polar surface area (TPSA) is 70.8 Å². The molecular formula is C15H24N4O2. The molecule has 0 radical (unpaired) electrons. The number of urea groups is 1. The number of amides is 2. The highest BCUT2D eigenvalue weighted by molar-refractivity contribution is 5.89. The molecule has 1 aromatic carbocycles. The number of carbonyl (C=O) groups is 1. The van der Waals surface area contributed by atoms with Crippen LogP contribution in [0.15, 0.2) is 24.3 Å². The fraction of sp³-hybridized carbons (Fsp3) is 0.533. The van der Waals surface area contributed by atoms with E-state index in [4.69, 9.17) is 10.5 Å². The highest BCUT2D eigenvalue weighted by Crippen LogP contribution is 2.17. The van der Waals surface area contributed by atoms with Crippen molar-refractivity contribution in [1.29, 1.82) is 0 Å². The Morgan fingerprint density at radius 2 is 2.19 bits per heavy atom. The summed E-state index contributed by atoms with van der Waals surface area (Å²) >= 11 is 0. The fourth-order valence-corrected chi connectivity index (χ4v) is 2.48. The lowest BCUT2D eigenvalue weighted by Gasteiger charge is -2.22. The third kappa shape index (κ3) is 4.61. The number of methoxy groups -OCH3 is 1. The van der Waals surface area contributed by atoms with Crippen LogP contribution in [-0.2, 0) is 0 Å². The number of nitrogens with two attached hydrogens (primary N) is 1. The van der Waals surface area contributed by atoms with Gasteiger partial charge in [-0.05, 0) is 25.1 Å². The molecule has 6 heteroatoms. The summed E-state index contributed by atoms with van der Waals surface area (Å²) < 4.78 is 5.16. The first-order valence-electron chi connectivity index (χ1n) is 7.35. The molecule has 1 heterocycles. The van der Waals surface area contributed by atoms with E-state index >= 15 is 0 Å². The van der Waals surface area contributed by atoms with Gasteiger partial charge in [-0.25, -0.2) is 4.79 Å². The average Bonchev–Trinajstić information content (AvgIpc) is 2.73. The zero-order valence-corrected chi connectivity index (χ0v) is 12.5. The van der Waals surface area contributed by atoms with Crippen LogP contribution in [0.5, 0.6) is 5.75 Å². The molecule has 116 valence electrons. The molecule has 1 aliphatic heterocycles. The molecule has 2 rings (SSSR count). The van der Waals surface area contributed by atoms with Crippen molar-refractivity contribution in [2.24, 2.45) is 5.73 Å². The van der Waals surface area contributed by atoms with Crippen LogP contribution >= 0.6 is 0 Å². The fourth-order valence-electron chi connectivity index (χ4n) is 2.48. The lowest BCUT2D eigenvalue weighted by Crippen LogP contribution is -2.38. The van der Waals surface area contributed by atoms with Crippen LogP contribution in [0.4, 0.5) is 10.5 Å². The van der Waals surface area contributed by atoms with E-state index in [1.165, 1.54) is 0 Å². The van der Waals surface area contributed by atoms with Gasteiger partial charge in [-0.15, -0.1) is 0 Å². The van der Waals surface area contributed by atoms with Crippen LogP contribution in [0.25, 0.3) is 0 Å². The van der Waals surface area contributed by atoms with Gasteiger partial charge >= 0.3 is 6.03 Å². The van der Waals surface area contributed by atoms with E-state index in [1.54, 1.807) is 7.11 Å². The minimum atomic E-state index is -0.0575. The second kappa shape index (κ2) is 7.85. The summed E-state index contributed by atoms with van der Waals surface area (Å²) in [7, 11) is 1.61. The highest BCUT2D eigenvalue weighted by atomic mass is 16.5. The monoisotopic (exact) mass is 292 g/mol. The summed E-state index contributed by atoms with van der Waals surface area (Å²) in [6.07, 6.45) is 0.978. The van der Waals surface area contributed by atoms with Crippen LogP contribution in [0.2, 0.25) is 0 Å². The summed E-state index contributed by atoms with van der Waals surface area (Å²) in [6.45, 7) is 4.94. The van der Waals surface area contributed by atoms with E-state index in [0.717, 1.165) is 50.6 Å². The van der Waals surface area contributed by atoms with Gasteiger partial charge in [0.1, 0.15) is 5.75 Å². The number of rotatable bonds is 4. The number of nitrogens with zero attached hydrogens (tertiary/aromatic N) is 2. The van der Waals surface area contributed by atoms with E-state index < -0.39 is 0 Å². The van der Waals surface area contributed by atoms with E-state index in [0.29, 0.717) is 6.54 Å². The Morgan fingerprint density at radius 1 is 1.33 bits per heavy atom. The van der Waals surface area contributed by atoms with Crippen LogP contribution in [-0.4, -0.2) is 62.2 Å². The zero-order valence-electron chi connectivity index (χ0n) is 12.5. The van der Waals surface area contributed by atoms with Crippen molar-refractivity contribution in [3.63, 3.8) is 0 Å². The van der Waals surface area contributed by atoms with E-state index in [9.17, 15) is 4.79 Å². The second-order valence-electron chi connectivity index (χ2n) is 5.13. The molecule has 6 nitrogen and oxygen atoms in total. The van der Waals surface area contributed by atoms with Crippen molar-refractivity contribution in [2.45, 2.75) is 6.42 Å². The first-order valence-corrected chi connectivity index (χ1v) is 7.35. The molecule has 0 aromatic heterocycles. The number of nitrogens with one attached hydrogen (secondary N) is 1. The number of hydrogen-bond donors (Lipinski definition) is 2. The molecule has 1 fully saturated rings. The molecule has 1 aliphatic rings. The van der Waals surface area contributed by atoms with Crippen LogP contribution in [0.1, 0.15) is 6.42 Å². The maximum absolute atomic E-state index is 12.3. The molecule has 0 saturated carbocycles. The SMILES string of the molecule is COc1cccc(NC(=O)N2CCCN(CCN)CC2)c1. The van der Waals surface area contributed by atoms with Crippen molar-refractivity contribution in [1.82, 2.24) is 9.80 Å². The molecule has 0 bridgehead atoms. The molecule has 0 spiro atoms. The third-order valence-electron chi connectivity index (χ3n) is 3.64. The van der Waals surface area contributed by atoms with Gasteiger partial charge in [0.25, 0.3) is 0 Å². The largest absolute Gasteiger partial charge is 0.497 e. The number of hydrogen-bond acceptors (Lipinski definition) is 4. The summed E-state index contributed by atoms with van der Waals surface area (Å²) in [5.74, 6) is 0.734. The Bertz CT molecular complexity index is 467. The van der Waals surface area contributed by atoms with E-state index in [-0.39, 0.29) is 6.03 Å². The molecule has 3 N–H and O–H groups in total. The quantitative estimate of drug-likeness (QED) is 0.874. The normalized spacial score (nSPS) is 16.4. The molecular weight excluding hydrogens is 268 g/mol. The molecule has 0 atom stereocenters. The van der Waals surface area contributed by atoms with E-state index in [1.807, 2.05) is 29.2 Å². The van der Waals surface area contributed by atoms with E-state index in [2.05, 4.69) is 10.2 Å². The highest BCUT2D eigenvalue weighted by Gasteiger charge is 2.18. The number of ether oxygens (including phenoxy) is 1. The van der Waals surface area contributed by atoms with Crippen LogP contribution in [0, 0.1) is 0 Å². The van der Waals surface area contributed by atoms with Gasteiger partial charge in [0.05, 0.1) is 7.11 Å². The lowest BCUT2D eigenvalue weighted by molar-refractivity contribution is 0.212. The summed E-state index contributed by atoms with van der Waals surface area (Å²) in [5.41, 5.74) is 6.34. The Balaban J connectivity index is 1.90. The van der Waals surface area contributed by atoms with Crippen molar-refractivity contribution in [3.05, 3.63) is 24.3 Å². The standard InChI is InChI=1S/C15H24N4O2/c1-21-14-5-2-4-13(12-14)17-15(20)19-8-3-7-18(9-6-16)10-11-19/h2,4-5,12H,3,6-11,16H2,1H3,(H,17,20). The van der Waals surface area contributed by atoms with Crippen molar-refractivity contribution in [3.8, 4) is 5.75 Å². The van der Waals surface area contributed by atoms with Crippen molar-refractivity contribution >= 4 is 11.7 Å². The molecule has 1 saturated heterocycles. The minimum absolute atomic E-state index is 0.0575. The predicted octanol–water partition coefficient (Wildman–Crippen LogP) is 1.19. The first-order chi connectivity index (χ1) is 10.2. The summed E-state index contributed by atoms with van der Waals surface area (Å²) in [4.78, 5) is 16.5. The summed E-state index contributed by atoms with van der Waals surface area (Å²) in [6, 6.07) is 7.33. The zero-order chi connectivity index (χ0) is 15.1. The maximum atomic E-state index is 12.3. The Hall–Kier alpha value is -1.79. The van der Waals surface area contributed by atoms with Gasteiger partial charge in [0.2, 0.25) is 0 Å². The molecule has 2 amide bonds. The molecule has 1 aromatic rings.